The Morgan fingerprint density at radius 3 is 2.22 bits per heavy atom. The Bertz CT molecular complexity index is 679. The minimum absolute atomic E-state index is 0.0722. The largest absolute Gasteiger partial charge is 0.336 e. The Labute approximate surface area is 134 Å². The van der Waals surface area contributed by atoms with E-state index in [2.05, 4.69) is 0 Å². The van der Waals surface area contributed by atoms with Gasteiger partial charge in [-0.2, -0.15) is 4.31 Å². The summed E-state index contributed by atoms with van der Waals surface area (Å²) in [6, 6.07) is 5.41. The van der Waals surface area contributed by atoms with Crippen LogP contribution >= 0.6 is 0 Å². The first kappa shape index (κ1) is 17.4. The van der Waals surface area contributed by atoms with Crippen molar-refractivity contribution in [3.05, 3.63) is 39.9 Å². The fourth-order valence-electron chi connectivity index (χ4n) is 2.46. The highest BCUT2D eigenvalue weighted by Gasteiger charge is 2.28. The maximum absolute atomic E-state index is 12.4. The van der Waals surface area contributed by atoms with Gasteiger partial charge in [-0.25, -0.2) is 8.42 Å². The fraction of sp³-hybridized carbons (Fsp3) is 0.500. The third kappa shape index (κ3) is 4.05. The van der Waals surface area contributed by atoms with Crippen LogP contribution in [0.25, 0.3) is 0 Å². The highest BCUT2D eigenvalue weighted by molar-refractivity contribution is 7.89. The average Bonchev–Trinajstić information content (AvgIpc) is 2.54. The molecule has 1 aromatic rings. The lowest BCUT2D eigenvalue weighted by atomic mass is 10.1. The number of piperazine rings is 1. The molecule has 1 saturated heterocycles. The molecule has 1 amide bonds. The molecule has 0 saturated carbocycles. The predicted octanol–water partition coefficient (Wildman–Crippen LogP) is 1.09. The number of carbonyl (C=O) groups excluding carboxylic acids is 1. The summed E-state index contributed by atoms with van der Waals surface area (Å²) in [6.07, 6.45) is 0.560. The van der Waals surface area contributed by atoms with Gasteiger partial charge in [-0.1, -0.05) is 6.92 Å². The molecule has 1 aliphatic rings. The van der Waals surface area contributed by atoms with Gasteiger partial charge in [0.15, 0.2) is 0 Å². The third-order valence-electron chi connectivity index (χ3n) is 3.71. The number of sulfonamides is 1. The summed E-state index contributed by atoms with van der Waals surface area (Å²) in [4.78, 5) is 24.0. The van der Waals surface area contributed by atoms with Crippen molar-refractivity contribution in [2.24, 2.45) is 0 Å². The van der Waals surface area contributed by atoms with Gasteiger partial charge < -0.3 is 4.90 Å². The van der Waals surface area contributed by atoms with E-state index >= 15 is 0 Å². The van der Waals surface area contributed by atoms with Crippen LogP contribution in [0.15, 0.2) is 24.3 Å². The van der Waals surface area contributed by atoms with Crippen LogP contribution in [-0.2, 0) is 10.0 Å². The first-order valence-electron chi connectivity index (χ1n) is 7.36. The second kappa shape index (κ2) is 7.05. The van der Waals surface area contributed by atoms with Crippen molar-refractivity contribution in [2.45, 2.75) is 13.3 Å². The van der Waals surface area contributed by atoms with Crippen LogP contribution in [-0.4, -0.2) is 60.4 Å². The first-order valence-corrected chi connectivity index (χ1v) is 8.97. The van der Waals surface area contributed by atoms with E-state index in [-0.39, 0.29) is 30.4 Å². The number of nitro groups is 1. The summed E-state index contributed by atoms with van der Waals surface area (Å²) >= 11 is 0. The summed E-state index contributed by atoms with van der Waals surface area (Å²) in [5.74, 6) is -0.129. The van der Waals surface area contributed by atoms with Crippen LogP contribution in [0.1, 0.15) is 23.7 Å². The second-order valence-electron chi connectivity index (χ2n) is 5.31. The fourth-order valence-corrected chi connectivity index (χ4v) is 3.96. The summed E-state index contributed by atoms with van der Waals surface area (Å²) in [5.41, 5.74) is 0.289. The zero-order valence-corrected chi connectivity index (χ0v) is 13.7. The molecule has 1 aromatic carbocycles. The number of hydrogen-bond donors (Lipinski definition) is 0. The van der Waals surface area contributed by atoms with E-state index in [4.69, 9.17) is 0 Å². The molecule has 0 unspecified atom stereocenters. The van der Waals surface area contributed by atoms with Crippen molar-refractivity contribution in [2.75, 3.05) is 31.9 Å². The molecular weight excluding hydrogens is 322 g/mol. The maximum atomic E-state index is 12.4. The van der Waals surface area contributed by atoms with E-state index in [0.29, 0.717) is 25.1 Å². The van der Waals surface area contributed by atoms with Crippen LogP contribution in [0.3, 0.4) is 0 Å². The quantitative estimate of drug-likeness (QED) is 0.589. The van der Waals surface area contributed by atoms with Gasteiger partial charge in [0.2, 0.25) is 10.0 Å². The molecule has 0 aliphatic carbocycles. The van der Waals surface area contributed by atoms with Gasteiger partial charge in [0.25, 0.3) is 11.6 Å². The maximum Gasteiger partial charge on any atom is 0.269 e. The van der Waals surface area contributed by atoms with Gasteiger partial charge in [0.05, 0.1) is 10.7 Å². The van der Waals surface area contributed by atoms with Gasteiger partial charge in [-0.3, -0.25) is 14.9 Å². The monoisotopic (exact) mass is 341 g/mol. The van der Waals surface area contributed by atoms with Gasteiger partial charge in [-0.05, 0) is 18.6 Å². The number of non-ortho nitro benzene ring substituents is 1. The molecule has 1 aliphatic heterocycles. The van der Waals surface area contributed by atoms with Gasteiger partial charge in [0.1, 0.15) is 0 Å². The molecule has 0 aromatic heterocycles. The molecule has 1 fully saturated rings. The van der Waals surface area contributed by atoms with Crippen LogP contribution in [0.5, 0.6) is 0 Å². The van der Waals surface area contributed by atoms with E-state index in [1.807, 2.05) is 6.92 Å². The molecular formula is C14H19N3O5S. The van der Waals surface area contributed by atoms with Crippen molar-refractivity contribution in [1.29, 1.82) is 0 Å². The number of benzene rings is 1. The molecule has 126 valence electrons. The molecule has 2 rings (SSSR count). The number of hydrogen-bond acceptors (Lipinski definition) is 5. The van der Waals surface area contributed by atoms with Crippen LogP contribution < -0.4 is 0 Å². The topological polar surface area (TPSA) is 101 Å². The van der Waals surface area contributed by atoms with Crippen LogP contribution in [0, 0.1) is 10.1 Å². The van der Waals surface area contributed by atoms with E-state index in [1.165, 1.54) is 28.6 Å². The molecule has 0 radical (unpaired) electrons. The summed E-state index contributed by atoms with van der Waals surface area (Å²) in [6.45, 7) is 3.01. The van der Waals surface area contributed by atoms with Gasteiger partial charge >= 0.3 is 0 Å². The van der Waals surface area contributed by atoms with E-state index in [1.54, 1.807) is 4.90 Å². The number of amides is 1. The van der Waals surface area contributed by atoms with Crippen molar-refractivity contribution in [3.8, 4) is 0 Å². The summed E-state index contributed by atoms with van der Waals surface area (Å²) < 4.78 is 25.4. The van der Waals surface area contributed by atoms with E-state index in [0.717, 1.165) is 0 Å². The molecule has 9 heteroatoms. The Morgan fingerprint density at radius 1 is 1.17 bits per heavy atom. The molecule has 1 heterocycles. The Balaban J connectivity index is 1.99. The number of nitrogens with zero attached hydrogens (tertiary/aromatic N) is 3. The normalized spacial score (nSPS) is 16.3. The van der Waals surface area contributed by atoms with Crippen LogP contribution in [0.2, 0.25) is 0 Å². The SMILES string of the molecule is CCCS(=O)(=O)N1CCN(C(=O)c2ccc([N+](=O)[O-])cc2)CC1. The minimum Gasteiger partial charge on any atom is -0.336 e. The van der Waals surface area contributed by atoms with Gasteiger partial charge in [-0.15, -0.1) is 0 Å². The highest BCUT2D eigenvalue weighted by Crippen LogP contribution is 2.15. The highest BCUT2D eigenvalue weighted by atomic mass is 32.2. The minimum atomic E-state index is -3.24. The Kier molecular flexibility index (Phi) is 5.32. The lowest BCUT2D eigenvalue weighted by molar-refractivity contribution is -0.384. The smallest absolute Gasteiger partial charge is 0.269 e. The second-order valence-corrected chi connectivity index (χ2v) is 7.40. The molecule has 0 bridgehead atoms. The molecule has 0 spiro atoms. The summed E-state index contributed by atoms with van der Waals surface area (Å²) in [7, 11) is -3.24. The van der Waals surface area contributed by atoms with Crippen LogP contribution in [0.4, 0.5) is 5.69 Å². The van der Waals surface area contributed by atoms with Crippen molar-refractivity contribution in [3.63, 3.8) is 0 Å². The zero-order valence-electron chi connectivity index (χ0n) is 12.8. The molecule has 23 heavy (non-hydrogen) atoms. The Morgan fingerprint density at radius 2 is 1.74 bits per heavy atom. The Hall–Kier alpha value is -2.00. The van der Waals surface area contributed by atoms with Crippen molar-refractivity contribution >= 4 is 21.6 Å². The van der Waals surface area contributed by atoms with E-state index in [9.17, 15) is 23.3 Å². The summed E-state index contributed by atoms with van der Waals surface area (Å²) in [5, 5.41) is 10.6. The van der Waals surface area contributed by atoms with Crippen molar-refractivity contribution in [1.82, 2.24) is 9.21 Å². The predicted molar refractivity (Wildman–Crippen MR) is 84.7 cm³/mol. The molecule has 0 atom stereocenters. The lowest BCUT2D eigenvalue weighted by Gasteiger charge is -2.34. The molecule has 0 N–H and O–H groups in total. The first-order chi connectivity index (χ1) is 10.8. The molecule has 8 nitrogen and oxygen atoms in total. The zero-order chi connectivity index (χ0) is 17.0. The third-order valence-corrected chi connectivity index (χ3v) is 5.78. The van der Waals surface area contributed by atoms with E-state index < -0.39 is 14.9 Å². The number of nitro benzene ring substituents is 1. The van der Waals surface area contributed by atoms with Gasteiger partial charge in [0, 0.05) is 43.9 Å². The van der Waals surface area contributed by atoms with Crippen molar-refractivity contribution < 1.29 is 18.1 Å². The number of rotatable bonds is 5. The lowest BCUT2D eigenvalue weighted by Crippen LogP contribution is -2.51. The standard InChI is InChI=1S/C14H19N3O5S/c1-2-11-23(21,22)16-9-7-15(8-10-16)14(18)12-3-5-13(6-4-12)17(19)20/h3-6H,2,7-11H2,1H3. The average molecular weight is 341 g/mol. The number of carbonyl (C=O) groups is 1.